The van der Waals surface area contributed by atoms with Gasteiger partial charge < -0.3 is 5.32 Å². The molecule has 1 aromatic heterocycles. The van der Waals surface area contributed by atoms with E-state index in [2.05, 4.69) is 10.4 Å². The predicted octanol–water partition coefficient (Wildman–Crippen LogP) is 0.934. The van der Waals surface area contributed by atoms with E-state index in [-0.39, 0.29) is 18.1 Å². The van der Waals surface area contributed by atoms with Crippen LogP contribution in [0.2, 0.25) is 0 Å². The topological polar surface area (TPSA) is 90.1 Å². The lowest BCUT2D eigenvalue weighted by Crippen LogP contribution is -2.30. The molecule has 0 aliphatic heterocycles. The molecule has 98 valence electrons. The second-order valence-corrected chi connectivity index (χ2v) is 4.68. The van der Waals surface area contributed by atoms with Gasteiger partial charge in [-0.25, -0.2) is 0 Å². The molecule has 0 unspecified atom stereocenters. The second-order valence-electron chi connectivity index (χ2n) is 4.68. The summed E-state index contributed by atoms with van der Waals surface area (Å²) in [5, 5.41) is 17.7. The highest BCUT2D eigenvalue weighted by Gasteiger charge is 2.24. The van der Waals surface area contributed by atoms with E-state index in [1.54, 1.807) is 13.8 Å². The number of hydrogen-bond acceptors (Lipinski definition) is 4. The van der Waals surface area contributed by atoms with Crippen LogP contribution in [-0.2, 0) is 11.3 Å². The Hall–Kier alpha value is -1.92. The van der Waals surface area contributed by atoms with Crippen molar-refractivity contribution in [2.45, 2.75) is 33.2 Å². The third-order valence-corrected chi connectivity index (χ3v) is 3.10. The minimum atomic E-state index is -0.462. The quantitative estimate of drug-likeness (QED) is 0.623. The summed E-state index contributed by atoms with van der Waals surface area (Å²) in [5.41, 5.74) is 0.747. The first-order valence-electron chi connectivity index (χ1n) is 5.94. The predicted molar refractivity (Wildman–Crippen MR) is 64.1 cm³/mol. The van der Waals surface area contributed by atoms with Gasteiger partial charge >= 0.3 is 5.69 Å². The number of nitrogens with one attached hydrogen (secondary N) is 1. The summed E-state index contributed by atoms with van der Waals surface area (Å²) in [6.07, 6.45) is 2.34. The van der Waals surface area contributed by atoms with E-state index >= 15 is 0 Å². The Morgan fingerprint density at radius 1 is 1.56 bits per heavy atom. The van der Waals surface area contributed by atoms with Crippen molar-refractivity contribution in [1.82, 2.24) is 15.1 Å². The van der Waals surface area contributed by atoms with Crippen LogP contribution in [-0.4, -0.2) is 27.2 Å². The smallest absolute Gasteiger partial charge is 0.312 e. The van der Waals surface area contributed by atoms with Gasteiger partial charge in [0.2, 0.25) is 5.91 Å². The first kappa shape index (κ1) is 12.5. The summed E-state index contributed by atoms with van der Waals surface area (Å²) in [6, 6.07) is 0. The van der Waals surface area contributed by atoms with Gasteiger partial charge in [0, 0.05) is 6.54 Å². The van der Waals surface area contributed by atoms with Crippen LogP contribution in [0.4, 0.5) is 5.69 Å². The van der Waals surface area contributed by atoms with Crippen molar-refractivity contribution in [2.24, 2.45) is 5.92 Å². The monoisotopic (exact) mass is 252 g/mol. The molecule has 0 aromatic carbocycles. The minimum absolute atomic E-state index is 0.00927. The van der Waals surface area contributed by atoms with Crippen molar-refractivity contribution < 1.29 is 9.72 Å². The molecule has 1 heterocycles. The molecule has 1 N–H and O–H groups in total. The van der Waals surface area contributed by atoms with E-state index in [9.17, 15) is 14.9 Å². The Kier molecular flexibility index (Phi) is 3.31. The zero-order valence-electron chi connectivity index (χ0n) is 10.5. The van der Waals surface area contributed by atoms with Crippen LogP contribution in [0.25, 0.3) is 0 Å². The molecule has 0 saturated heterocycles. The van der Waals surface area contributed by atoms with Gasteiger partial charge in [-0.15, -0.1) is 0 Å². The molecular weight excluding hydrogens is 236 g/mol. The van der Waals surface area contributed by atoms with E-state index in [4.69, 9.17) is 0 Å². The number of aromatic nitrogens is 2. The van der Waals surface area contributed by atoms with Crippen LogP contribution < -0.4 is 5.32 Å². The molecule has 0 bridgehead atoms. The summed E-state index contributed by atoms with van der Waals surface area (Å²) in [7, 11) is 0. The number of carbonyl (C=O) groups excluding carboxylic acids is 1. The van der Waals surface area contributed by atoms with E-state index in [1.807, 2.05) is 0 Å². The van der Waals surface area contributed by atoms with E-state index in [0.29, 0.717) is 23.9 Å². The molecule has 7 heteroatoms. The van der Waals surface area contributed by atoms with Gasteiger partial charge in [-0.2, -0.15) is 5.10 Å². The summed E-state index contributed by atoms with van der Waals surface area (Å²) >= 11 is 0. The highest BCUT2D eigenvalue weighted by atomic mass is 16.6. The highest BCUT2D eigenvalue weighted by Crippen LogP contribution is 2.27. The highest BCUT2D eigenvalue weighted by molar-refractivity contribution is 5.75. The fraction of sp³-hybridized carbons (Fsp3) is 0.636. The van der Waals surface area contributed by atoms with Crippen molar-refractivity contribution in [3.8, 4) is 0 Å². The normalized spacial score (nSPS) is 14.6. The minimum Gasteiger partial charge on any atom is -0.354 e. The standard InChI is InChI=1S/C11H16N4O3/c1-7-11(15(17)18)8(2)14(13-7)6-10(16)12-5-9-3-4-9/h9H,3-6H2,1-2H3,(H,12,16). The maximum atomic E-state index is 11.6. The fourth-order valence-corrected chi connectivity index (χ4v) is 1.88. The third-order valence-electron chi connectivity index (χ3n) is 3.10. The van der Waals surface area contributed by atoms with E-state index in [1.165, 1.54) is 17.5 Å². The Balaban J connectivity index is 2.01. The summed E-state index contributed by atoms with van der Waals surface area (Å²) in [6.45, 7) is 3.91. The molecule has 1 saturated carbocycles. The van der Waals surface area contributed by atoms with E-state index in [0.717, 1.165) is 0 Å². The van der Waals surface area contributed by atoms with Crippen molar-refractivity contribution in [1.29, 1.82) is 0 Å². The zero-order chi connectivity index (χ0) is 13.3. The molecule has 0 atom stereocenters. The van der Waals surface area contributed by atoms with Crippen LogP contribution >= 0.6 is 0 Å². The molecule has 2 rings (SSSR count). The number of rotatable bonds is 5. The number of nitrogens with zero attached hydrogens (tertiary/aromatic N) is 3. The van der Waals surface area contributed by atoms with Crippen LogP contribution in [0.1, 0.15) is 24.2 Å². The molecule has 18 heavy (non-hydrogen) atoms. The number of aryl methyl sites for hydroxylation is 1. The van der Waals surface area contributed by atoms with Gasteiger partial charge in [0.1, 0.15) is 17.9 Å². The van der Waals surface area contributed by atoms with Crippen molar-refractivity contribution in [3.63, 3.8) is 0 Å². The maximum absolute atomic E-state index is 11.6. The van der Waals surface area contributed by atoms with Gasteiger partial charge in [0.05, 0.1) is 4.92 Å². The summed E-state index contributed by atoms with van der Waals surface area (Å²) in [5.74, 6) is 0.464. The summed E-state index contributed by atoms with van der Waals surface area (Å²) in [4.78, 5) is 22.0. The summed E-state index contributed by atoms with van der Waals surface area (Å²) < 4.78 is 1.38. The van der Waals surface area contributed by atoms with Gasteiger partial charge in [0.15, 0.2) is 0 Å². The lowest BCUT2D eigenvalue weighted by Gasteiger charge is -2.05. The SMILES string of the molecule is Cc1nn(CC(=O)NCC2CC2)c(C)c1[N+](=O)[O-]. The number of carbonyl (C=O) groups is 1. The molecule has 0 spiro atoms. The number of nitro groups is 1. The van der Waals surface area contributed by atoms with Crippen LogP contribution in [0.15, 0.2) is 0 Å². The van der Waals surface area contributed by atoms with Gasteiger partial charge in [-0.05, 0) is 32.6 Å². The second kappa shape index (κ2) is 4.75. The molecule has 1 aromatic rings. The lowest BCUT2D eigenvalue weighted by atomic mass is 10.3. The molecule has 1 aliphatic rings. The molecular formula is C11H16N4O3. The molecule has 0 radical (unpaired) electrons. The average Bonchev–Trinajstić information content (AvgIpc) is 3.04. The average molecular weight is 252 g/mol. The zero-order valence-corrected chi connectivity index (χ0v) is 10.5. The Morgan fingerprint density at radius 2 is 2.22 bits per heavy atom. The van der Waals surface area contributed by atoms with Gasteiger partial charge in [-0.1, -0.05) is 0 Å². The molecule has 1 amide bonds. The Morgan fingerprint density at radius 3 is 2.72 bits per heavy atom. The Bertz CT molecular complexity index is 491. The Labute approximate surface area is 104 Å². The first-order valence-corrected chi connectivity index (χ1v) is 5.94. The van der Waals surface area contributed by atoms with Crippen LogP contribution in [0.5, 0.6) is 0 Å². The third kappa shape index (κ3) is 2.66. The van der Waals surface area contributed by atoms with Gasteiger partial charge in [-0.3, -0.25) is 19.6 Å². The maximum Gasteiger partial charge on any atom is 0.312 e. The molecule has 1 aliphatic carbocycles. The van der Waals surface area contributed by atoms with Crippen molar-refractivity contribution in [2.75, 3.05) is 6.54 Å². The molecule has 1 fully saturated rings. The van der Waals surface area contributed by atoms with Crippen LogP contribution in [0.3, 0.4) is 0 Å². The fourth-order valence-electron chi connectivity index (χ4n) is 1.88. The van der Waals surface area contributed by atoms with Crippen LogP contribution in [0, 0.1) is 29.9 Å². The first-order chi connectivity index (χ1) is 8.49. The van der Waals surface area contributed by atoms with E-state index < -0.39 is 4.92 Å². The lowest BCUT2D eigenvalue weighted by molar-refractivity contribution is -0.386. The van der Waals surface area contributed by atoms with Crippen molar-refractivity contribution >= 4 is 11.6 Å². The largest absolute Gasteiger partial charge is 0.354 e. The molecule has 7 nitrogen and oxygen atoms in total. The van der Waals surface area contributed by atoms with Crippen molar-refractivity contribution in [3.05, 3.63) is 21.5 Å². The number of hydrogen-bond donors (Lipinski definition) is 1. The van der Waals surface area contributed by atoms with Gasteiger partial charge in [0.25, 0.3) is 0 Å². The number of amides is 1.